The first-order valence-electron chi connectivity index (χ1n) is 10.6. The predicted molar refractivity (Wildman–Crippen MR) is 121 cm³/mol. The van der Waals surface area contributed by atoms with Crippen molar-refractivity contribution >= 4 is 8.32 Å². The summed E-state index contributed by atoms with van der Waals surface area (Å²) < 4.78 is 23.2. The molecule has 1 aromatic carbocycles. The lowest BCUT2D eigenvalue weighted by Gasteiger charge is -2.37. The van der Waals surface area contributed by atoms with Gasteiger partial charge in [-0.05, 0) is 80.1 Å². The maximum atomic E-state index is 9.13. The summed E-state index contributed by atoms with van der Waals surface area (Å²) in [7, 11) is -0.250. The molecule has 5 nitrogen and oxygen atoms in total. The number of ether oxygens (including phenoxy) is 3. The number of benzene rings is 1. The molecule has 1 aromatic rings. The van der Waals surface area contributed by atoms with Crippen molar-refractivity contribution in [3.05, 3.63) is 28.8 Å². The fraction of sp³-hybridized carbons (Fsp3) is 0.739. The molecule has 0 saturated heterocycles. The number of hydrogen-bond donors (Lipinski definition) is 1. The Morgan fingerprint density at radius 1 is 1.03 bits per heavy atom. The summed E-state index contributed by atoms with van der Waals surface area (Å²) in [6.45, 7) is 17.0. The van der Waals surface area contributed by atoms with E-state index in [4.69, 9.17) is 23.7 Å². The minimum Gasteiger partial charge on any atom is -0.543 e. The van der Waals surface area contributed by atoms with Gasteiger partial charge in [0.25, 0.3) is 8.32 Å². The zero-order chi connectivity index (χ0) is 22.1. The van der Waals surface area contributed by atoms with Gasteiger partial charge in [-0.2, -0.15) is 0 Å². The Morgan fingerprint density at radius 3 is 2.17 bits per heavy atom. The van der Waals surface area contributed by atoms with Crippen molar-refractivity contribution in [2.75, 3.05) is 33.7 Å². The summed E-state index contributed by atoms with van der Waals surface area (Å²) in [5.74, 6) is 1.01. The van der Waals surface area contributed by atoms with E-state index in [9.17, 15) is 0 Å². The molecule has 0 radical (unpaired) electrons. The van der Waals surface area contributed by atoms with Gasteiger partial charge in [-0.1, -0.05) is 20.8 Å². The number of aryl methyl sites for hydroxylation is 2. The van der Waals surface area contributed by atoms with Crippen LogP contribution in [0.4, 0.5) is 0 Å². The minimum atomic E-state index is -1.90. The molecule has 0 fully saturated rings. The Labute approximate surface area is 178 Å². The lowest BCUT2D eigenvalue weighted by atomic mass is 9.98. The lowest BCUT2D eigenvalue weighted by molar-refractivity contribution is -0.102. The summed E-state index contributed by atoms with van der Waals surface area (Å²) in [5.41, 5.74) is 3.41. The average molecular weight is 427 g/mol. The van der Waals surface area contributed by atoms with E-state index in [1.807, 2.05) is 0 Å². The first-order chi connectivity index (χ1) is 13.5. The van der Waals surface area contributed by atoms with Crippen molar-refractivity contribution in [1.82, 2.24) is 0 Å². The molecular formula is C23H42O5Si. The van der Waals surface area contributed by atoms with E-state index in [-0.39, 0.29) is 24.5 Å². The van der Waals surface area contributed by atoms with Crippen LogP contribution in [-0.4, -0.2) is 47.1 Å². The van der Waals surface area contributed by atoms with E-state index in [0.717, 1.165) is 41.7 Å². The number of unbranched alkanes of at least 4 members (excludes halogenated alkanes) is 1. The van der Waals surface area contributed by atoms with Crippen LogP contribution in [0, 0.1) is 13.8 Å². The van der Waals surface area contributed by atoms with Crippen LogP contribution in [0.15, 0.2) is 12.1 Å². The molecule has 0 aliphatic heterocycles. The zero-order valence-corrected chi connectivity index (χ0v) is 20.8. The van der Waals surface area contributed by atoms with Crippen LogP contribution in [0.3, 0.4) is 0 Å². The second-order valence-corrected chi connectivity index (χ2v) is 14.0. The fourth-order valence-corrected chi connectivity index (χ4v) is 4.00. The van der Waals surface area contributed by atoms with E-state index in [1.54, 1.807) is 7.11 Å². The summed E-state index contributed by atoms with van der Waals surface area (Å²) in [6.07, 6.45) is 2.45. The number of aliphatic hydroxyl groups excluding tert-OH is 1. The van der Waals surface area contributed by atoms with E-state index in [2.05, 4.69) is 59.8 Å². The van der Waals surface area contributed by atoms with Gasteiger partial charge < -0.3 is 23.7 Å². The highest BCUT2D eigenvalue weighted by atomic mass is 28.4. The van der Waals surface area contributed by atoms with Gasteiger partial charge >= 0.3 is 0 Å². The quantitative estimate of drug-likeness (QED) is 0.255. The second-order valence-electron chi connectivity index (χ2n) is 9.24. The zero-order valence-electron chi connectivity index (χ0n) is 19.8. The standard InChI is InChI=1S/C23H42O5Si/c1-18-15-20(16-19(2)22(18)28-29(7,8)23(3,4)5)21(11-9-10-12-24)27-17-26-14-13-25-6/h15-16,21,24H,9-14,17H2,1-8H3. The van der Waals surface area contributed by atoms with Crippen LogP contribution in [0.2, 0.25) is 18.1 Å². The third kappa shape index (κ3) is 8.38. The molecule has 0 bridgehead atoms. The summed E-state index contributed by atoms with van der Waals surface area (Å²) in [5, 5.41) is 9.28. The van der Waals surface area contributed by atoms with Crippen molar-refractivity contribution in [1.29, 1.82) is 0 Å². The van der Waals surface area contributed by atoms with Crippen LogP contribution in [0.5, 0.6) is 5.75 Å². The maximum Gasteiger partial charge on any atom is 0.250 e. The van der Waals surface area contributed by atoms with E-state index in [0.29, 0.717) is 13.2 Å². The van der Waals surface area contributed by atoms with Crippen LogP contribution >= 0.6 is 0 Å². The van der Waals surface area contributed by atoms with Crippen LogP contribution in [-0.2, 0) is 14.2 Å². The Kier molecular flexibility index (Phi) is 10.9. The molecule has 29 heavy (non-hydrogen) atoms. The van der Waals surface area contributed by atoms with Gasteiger partial charge in [-0.25, -0.2) is 0 Å². The van der Waals surface area contributed by atoms with Crippen molar-refractivity contribution in [2.45, 2.75) is 78.1 Å². The molecule has 1 rings (SSSR count). The smallest absolute Gasteiger partial charge is 0.250 e. The Balaban J connectivity index is 2.98. The van der Waals surface area contributed by atoms with Gasteiger partial charge in [0.1, 0.15) is 12.5 Å². The highest BCUT2D eigenvalue weighted by Crippen LogP contribution is 2.40. The van der Waals surface area contributed by atoms with Crippen molar-refractivity contribution in [3.8, 4) is 5.75 Å². The molecule has 1 N–H and O–H groups in total. The highest BCUT2D eigenvalue weighted by Gasteiger charge is 2.39. The number of hydrogen-bond acceptors (Lipinski definition) is 5. The molecule has 168 valence electrons. The van der Waals surface area contributed by atoms with Crippen molar-refractivity contribution in [2.24, 2.45) is 0 Å². The monoisotopic (exact) mass is 426 g/mol. The normalized spacial score (nSPS) is 13.6. The molecule has 1 unspecified atom stereocenters. The molecule has 6 heteroatoms. The largest absolute Gasteiger partial charge is 0.543 e. The van der Waals surface area contributed by atoms with Crippen molar-refractivity contribution in [3.63, 3.8) is 0 Å². The first kappa shape index (κ1) is 26.1. The van der Waals surface area contributed by atoms with E-state index >= 15 is 0 Å². The van der Waals surface area contributed by atoms with Gasteiger partial charge in [0, 0.05) is 13.7 Å². The Bertz CT molecular complexity index is 587. The average Bonchev–Trinajstić information content (AvgIpc) is 2.62. The van der Waals surface area contributed by atoms with Gasteiger partial charge in [-0.3, -0.25) is 0 Å². The van der Waals surface area contributed by atoms with Gasteiger partial charge in [-0.15, -0.1) is 0 Å². The number of methoxy groups -OCH3 is 1. The van der Waals surface area contributed by atoms with Gasteiger partial charge in [0.2, 0.25) is 0 Å². The molecule has 0 spiro atoms. The molecule has 0 aliphatic carbocycles. The predicted octanol–water partition coefficient (Wildman–Crippen LogP) is 5.53. The van der Waals surface area contributed by atoms with Crippen LogP contribution < -0.4 is 4.43 Å². The van der Waals surface area contributed by atoms with Crippen LogP contribution in [0.25, 0.3) is 0 Å². The minimum absolute atomic E-state index is 0.0663. The van der Waals surface area contributed by atoms with Crippen LogP contribution in [0.1, 0.15) is 62.8 Å². The summed E-state index contributed by atoms with van der Waals surface area (Å²) >= 11 is 0. The van der Waals surface area contributed by atoms with E-state index < -0.39 is 8.32 Å². The lowest BCUT2D eigenvalue weighted by Crippen LogP contribution is -2.44. The highest BCUT2D eigenvalue weighted by molar-refractivity contribution is 6.74. The molecule has 1 atom stereocenters. The third-order valence-corrected chi connectivity index (χ3v) is 10.0. The summed E-state index contributed by atoms with van der Waals surface area (Å²) in [6, 6.07) is 4.35. The number of rotatable bonds is 13. The molecule has 0 heterocycles. The van der Waals surface area contributed by atoms with Gasteiger partial charge in [0.05, 0.1) is 19.3 Å². The van der Waals surface area contributed by atoms with Crippen molar-refractivity contribution < 1.29 is 23.7 Å². The number of aliphatic hydroxyl groups is 1. The fourth-order valence-electron chi connectivity index (χ4n) is 2.86. The van der Waals surface area contributed by atoms with Gasteiger partial charge in [0.15, 0.2) is 0 Å². The first-order valence-corrected chi connectivity index (χ1v) is 13.5. The second kappa shape index (κ2) is 12.1. The summed E-state index contributed by atoms with van der Waals surface area (Å²) in [4.78, 5) is 0. The molecule has 0 aliphatic rings. The molecular weight excluding hydrogens is 384 g/mol. The SMILES string of the molecule is COCCOCOC(CCCCO)c1cc(C)c(O[Si](C)(C)C(C)(C)C)c(C)c1. The third-order valence-electron chi connectivity index (χ3n) is 5.68. The molecule has 0 aromatic heterocycles. The molecule has 0 saturated carbocycles. The maximum absolute atomic E-state index is 9.13. The Morgan fingerprint density at radius 2 is 1.66 bits per heavy atom. The topological polar surface area (TPSA) is 57.2 Å². The Hall–Kier alpha value is -0.923. The van der Waals surface area contributed by atoms with E-state index in [1.165, 1.54) is 0 Å². The molecule has 0 amide bonds.